The van der Waals surface area contributed by atoms with Crippen LogP contribution in [0.25, 0.3) is 10.8 Å². The Kier molecular flexibility index (Phi) is 8.56. The normalized spacial score (nSPS) is 16.1. The average molecular weight is 599 g/mol. The van der Waals surface area contributed by atoms with Gasteiger partial charge in [-0.05, 0) is 42.5 Å². The van der Waals surface area contributed by atoms with Crippen LogP contribution in [0, 0.1) is 29.6 Å². The van der Waals surface area contributed by atoms with E-state index in [0.717, 1.165) is 29.2 Å². The molecular weight excluding hydrogens is 564 g/mol. The third-order valence-electron chi connectivity index (χ3n) is 8.60. The molecule has 0 bridgehead atoms. The highest BCUT2D eigenvalue weighted by atomic mass is 16.5. The maximum absolute atomic E-state index is 12.6. The number of nitrogens with zero attached hydrogens (tertiary/aromatic N) is 8. The smallest absolute Gasteiger partial charge is 0.246 e. The largest absolute Gasteiger partial charge is 0.476 e. The van der Waals surface area contributed by atoms with E-state index < -0.39 is 0 Å². The van der Waals surface area contributed by atoms with Crippen molar-refractivity contribution in [2.24, 2.45) is 0 Å². The Morgan fingerprint density at radius 2 is 1.89 bits per heavy atom. The second-order valence-electron chi connectivity index (χ2n) is 11.3. The summed E-state index contributed by atoms with van der Waals surface area (Å²) in [5.74, 6) is 0.731. The van der Waals surface area contributed by atoms with Gasteiger partial charge in [0.2, 0.25) is 11.8 Å². The SMILES string of the molecule is C=CC(=O)N1CCN(c2c(C#N)c(OCCc3ncccn3)nc3c2CCN(c2cccc4cccc(C)c24)C3)C[C@@H]1CC#N. The molecule has 4 aromatic rings. The van der Waals surface area contributed by atoms with Crippen molar-refractivity contribution in [3.63, 3.8) is 0 Å². The fourth-order valence-electron chi connectivity index (χ4n) is 6.51. The molecule has 10 nitrogen and oxygen atoms in total. The Morgan fingerprint density at radius 3 is 2.64 bits per heavy atom. The number of carbonyl (C=O) groups is 1. The van der Waals surface area contributed by atoms with Crippen LogP contribution in [0.1, 0.15) is 34.6 Å². The molecule has 2 aliphatic rings. The summed E-state index contributed by atoms with van der Waals surface area (Å²) in [6, 6.07) is 18.8. The van der Waals surface area contributed by atoms with Gasteiger partial charge in [-0.1, -0.05) is 36.9 Å². The molecule has 0 saturated carbocycles. The standard InChI is InChI=1S/C35H34N8O2/c1-3-32(44)43-19-18-42(22-26(43)11-14-36)34-27-12-17-41(30-10-5-9-25-8-4-7-24(2)33(25)30)23-29(27)40-35(28(34)21-37)45-20-13-31-38-15-6-16-39-31/h3-10,15-16,26H,1,11-13,17-20,22-23H2,2H3/t26-/m0/s1. The van der Waals surface area contributed by atoms with Crippen LogP contribution in [0.4, 0.5) is 11.4 Å². The zero-order chi connectivity index (χ0) is 31.3. The molecule has 45 heavy (non-hydrogen) atoms. The number of pyridine rings is 1. The first kappa shape index (κ1) is 29.6. The van der Waals surface area contributed by atoms with Crippen molar-refractivity contribution >= 4 is 28.1 Å². The van der Waals surface area contributed by atoms with Gasteiger partial charge in [-0.2, -0.15) is 10.5 Å². The quantitative estimate of drug-likeness (QED) is 0.270. The monoisotopic (exact) mass is 598 g/mol. The van der Waals surface area contributed by atoms with Gasteiger partial charge in [-0.15, -0.1) is 0 Å². The van der Waals surface area contributed by atoms with E-state index in [4.69, 9.17) is 9.72 Å². The van der Waals surface area contributed by atoms with E-state index in [1.807, 2.05) is 0 Å². The van der Waals surface area contributed by atoms with E-state index in [1.165, 1.54) is 22.4 Å². The topological polar surface area (TPSA) is 122 Å². The van der Waals surface area contributed by atoms with Crippen LogP contribution in [0.3, 0.4) is 0 Å². The lowest BCUT2D eigenvalue weighted by Crippen LogP contribution is -2.55. The molecule has 2 aliphatic heterocycles. The average Bonchev–Trinajstić information content (AvgIpc) is 3.07. The van der Waals surface area contributed by atoms with Crippen molar-refractivity contribution in [2.45, 2.75) is 38.8 Å². The lowest BCUT2D eigenvalue weighted by molar-refractivity contribution is -0.128. The Hall–Kier alpha value is -5.48. The maximum Gasteiger partial charge on any atom is 0.246 e. The minimum absolute atomic E-state index is 0.180. The number of amides is 1. The highest BCUT2D eigenvalue weighted by Crippen LogP contribution is 2.40. The number of rotatable bonds is 8. The van der Waals surface area contributed by atoms with Crippen LogP contribution in [-0.4, -0.2) is 64.6 Å². The lowest BCUT2D eigenvalue weighted by Gasteiger charge is -2.43. The molecule has 4 heterocycles. The van der Waals surface area contributed by atoms with Gasteiger partial charge in [-0.25, -0.2) is 15.0 Å². The molecule has 0 N–H and O–H groups in total. The number of aromatic nitrogens is 3. The van der Waals surface area contributed by atoms with E-state index in [0.29, 0.717) is 50.4 Å². The molecule has 0 spiro atoms. The minimum Gasteiger partial charge on any atom is -0.476 e. The molecule has 1 amide bonds. The number of aryl methyl sites for hydroxylation is 1. The van der Waals surface area contributed by atoms with Crippen LogP contribution < -0.4 is 14.5 Å². The van der Waals surface area contributed by atoms with Crippen LogP contribution in [0.5, 0.6) is 5.88 Å². The van der Waals surface area contributed by atoms with Gasteiger partial charge in [0.05, 0.1) is 43.1 Å². The zero-order valence-corrected chi connectivity index (χ0v) is 25.3. The summed E-state index contributed by atoms with van der Waals surface area (Å²) in [5.41, 5.74) is 5.39. The molecule has 0 aliphatic carbocycles. The first-order valence-electron chi connectivity index (χ1n) is 15.1. The van der Waals surface area contributed by atoms with E-state index >= 15 is 0 Å². The Morgan fingerprint density at radius 1 is 1.09 bits per heavy atom. The van der Waals surface area contributed by atoms with Crippen LogP contribution in [-0.2, 0) is 24.2 Å². The molecule has 0 unspecified atom stereocenters. The maximum atomic E-state index is 12.6. The van der Waals surface area contributed by atoms with Crippen molar-refractivity contribution in [1.82, 2.24) is 19.9 Å². The molecule has 1 saturated heterocycles. The number of fused-ring (bicyclic) bond motifs is 2. The lowest BCUT2D eigenvalue weighted by atomic mass is 9.95. The first-order valence-corrected chi connectivity index (χ1v) is 15.1. The summed E-state index contributed by atoms with van der Waals surface area (Å²) in [4.78, 5) is 32.3. The van der Waals surface area contributed by atoms with Crippen molar-refractivity contribution in [3.8, 4) is 18.0 Å². The molecule has 226 valence electrons. The van der Waals surface area contributed by atoms with Crippen LogP contribution >= 0.6 is 0 Å². The summed E-state index contributed by atoms with van der Waals surface area (Å²) in [6.45, 7) is 8.69. The summed E-state index contributed by atoms with van der Waals surface area (Å²) < 4.78 is 6.22. The predicted octanol–water partition coefficient (Wildman–Crippen LogP) is 4.51. The minimum atomic E-state index is -0.331. The Balaban J connectivity index is 1.39. The van der Waals surface area contributed by atoms with Gasteiger partial charge in [-0.3, -0.25) is 4.79 Å². The second-order valence-corrected chi connectivity index (χ2v) is 11.3. The number of hydrogen-bond donors (Lipinski definition) is 0. The fraction of sp³-hybridized carbons (Fsp3) is 0.314. The number of nitriles is 2. The zero-order valence-electron chi connectivity index (χ0n) is 25.3. The van der Waals surface area contributed by atoms with Gasteiger partial charge >= 0.3 is 0 Å². The molecule has 10 heteroatoms. The van der Waals surface area contributed by atoms with Crippen molar-refractivity contribution in [1.29, 1.82) is 10.5 Å². The van der Waals surface area contributed by atoms with Crippen molar-refractivity contribution < 1.29 is 9.53 Å². The second kappa shape index (κ2) is 13.0. The van der Waals surface area contributed by atoms with Gasteiger partial charge in [0.1, 0.15) is 17.5 Å². The molecule has 1 atom stereocenters. The van der Waals surface area contributed by atoms with E-state index in [1.54, 1.807) is 23.4 Å². The van der Waals surface area contributed by atoms with Gasteiger partial charge < -0.3 is 19.4 Å². The number of benzene rings is 2. The fourth-order valence-corrected chi connectivity index (χ4v) is 6.51. The molecule has 2 aromatic heterocycles. The van der Waals surface area contributed by atoms with E-state index in [-0.39, 0.29) is 30.9 Å². The van der Waals surface area contributed by atoms with Crippen LogP contribution in [0.15, 0.2) is 67.5 Å². The number of anilines is 2. The molecule has 6 rings (SSSR count). The Bertz CT molecular complexity index is 1820. The summed E-state index contributed by atoms with van der Waals surface area (Å²) in [5, 5.41) is 22.5. The van der Waals surface area contributed by atoms with E-state index in [2.05, 4.69) is 81.8 Å². The highest BCUT2D eigenvalue weighted by Gasteiger charge is 2.35. The van der Waals surface area contributed by atoms with E-state index in [9.17, 15) is 15.3 Å². The predicted molar refractivity (Wildman–Crippen MR) is 172 cm³/mol. The number of ether oxygens (including phenoxy) is 1. The summed E-state index contributed by atoms with van der Waals surface area (Å²) in [7, 11) is 0. The molecule has 1 fully saturated rings. The number of piperazine rings is 1. The van der Waals surface area contributed by atoms with Crippen LogP contribution in [0.2, 0.25) is 0 Å². The molecule has 0 radical (unpaired) electrons. The third-order valence-corrected chi connectivity index (χ3v) is 8.60. The molecule has 2 aromatic carbocycles. The highest BCUT2D eigenvalue weighted by molar-refractivity contribution is 5.97. The Labute approximate surface area is 262 Å². The van der Waals surface area contributed by atoms with Gasteiger partial charge in [0.25, 0.3) is 0 Å². The van der Waals surface area contributed by atoms with Gasteiger partial charge in [0.15, 0.2) is 0 Å². The van der Waals surface area contributed by atoms with Crippen molar-refractivity contribution in [2.75, 3.05) is 42.6 Å². The summed E-state index contributed by atoms with van der Waals surface area (Å²) >= 11 is 0. The number of hydrogen-bond acceptors (Lipinski definition) is 9. The van der Waals surface area contributed by atoms with Crippen molar-refractivity contribution in [3.05, 3.63) is 95.7 Å². The summed E-state index contributed by atoms with van der Waals surface area (Å²) in [6.07, 6.45) is 6.00. The third kappa shape index (κ3) is 5.87. The molecular formula is C35H34N8O2. The first-order chi connectivity index (χ1) is 22.0. The van der Waals surface area contributed by atoms with Gasteiger partial charge in [0, 0.05) is 61.6 Å². The number of carbonyl (C=O) groups excluding carboxylic acids is 1.